The summed E-state index contributed by atoms with van der Waals surface area (Å²) in [6, 6.07) is 11.0. The number of hydrogen-bond acceptors (Lipinski definition) is 5. The summed E-state index contributed by atoms with van der Waals surface area (Å²) >= 11 is 0. The predicted molar refractivity (Wildman–Crippen MR) is 142 cm³/mol. The molecule has 0 spiro atoms. The van der Waals surface area contributed by atoms with Gasteiger partial charge < -0.3 is 15.0 Å². The zero-order valence-corrected chi connectivity index (χ0v) is 23.3. The highest BCUT2D eigenvalue weighted by Gasteiger charge is 2.34. The van der Waals surface area contributed by atoms with Crippen LogP contribution in [0.1, 0.15) is 39.7 Å². The van der Waals surface area contributed by atoms with Gasteiger partial charge in [-0.05, 0) is 69.2 Å². The molecule has 9 nitrogen and oxygen atoms in total. The second-order valence-corrected chi connectivity index (χ2v) is 11.9. The first kappa shape index (κ1) is 30.0. The minimum absolute atomic E-state index is 0.0676. The number of nitrogens with one attached hydrogen (secondary N) is 1. The number of halogens is 1. The molecule has 0 aliphatic carbocycles. The molecule has 0 aromatic heterocycles. The highest BCUT2D eigenvalue weighted by molar-refractivity contribution is 7.90. The first-order valence-corrected chi connectivity index (χ1v) is 13.3. The van der Waals surface area contributed by atoms with Crippen molar-refractivity contribution in [1.29, 1.82) is 0 Å². The molecule has 2 amide bonds. The Balaban J connectivity index is 2.51. The summed E-state index contributed by atoms with van der Waals surface area (Å²) in [6.45, 7) is 6.79. The molecule has 0 fully saturated rings. The summed E-state index contributed by atoms with van der Waals surface area (Å²) in [5, 5.41) is 2.91. The number of anilines is 1. The molecular weight excluding hydrogens is 499 g/mol. The Morgan fingerprint density at radius 2 is 1.59 bits per heavy atom. The molecule has 204 valence electrons. The molecule has 0 saturated heterocycles. The lowest BCUT2D eigenvalue weighted by Crippen LogP contribution is -2.55. The molecule has 1 N–H and O–H groups in total. The van der Waals surface area contributed by atoms with E-state index < -0.39 is 40.1 Å². The molecule has 0 aliphatic heterocycles. The van der Waals surface area contributed by atoms with Gasteiger partial charge in [0.25, 0.3) is 0 Å². The number of rotatable bonds is 11. The molecule has 0 aliphatic rings. The number of nitrogens with zero attached hydrogens (tertiary/aromatic N) is 3. The van der Waals surface area contributed by atoms with E-state index in [1.165, 1.54) is 31.1 Å². The molecule has 11 heteroatoms. The van der Waals surface area contributed by atoms with E-state index in [4.69, 9.17) is 4.74 Å². The van der Waals surface area contributed by atoms with Crippen LogP contribution < -0.4 is 14.4 Å². The van der Waals surface area contributed by atoms with Crippen LogP contribution in [0.3, 0.4) is 0 Å². The summed E-state index contributed by atoms with van der Waals surface area (Å²) < 4.78 is 47.0. The lowest BCUT2D eigenvalue weighted by Gasteiger charge is -2.35. The zero-order valence-electron chi connectivity index (χ0n) is 22.5. The van der Waals surface area contributed by atoms with Crippen molar-refractivity contribution < 1.29 is 27.1 Å². The summed E-state index contributed by atoms with van der Waals surface area (Å²) in [5.41, 5.74) is 0.327. The van der Waals surface area contributed by atoms with Gasteiger partial charge in [-0.1, -0.05) is 19.1 Å². The van der Waals surface area contributed by atoms with E-state index in [1.807, 2.05) is 20.8 Å². The molecule has 0 radical (unpaired) electrons. The van der Waals surface area contributed by atoms with Gasteiger partial charge in [-0.25, -0.2) is 8.70 Å². The summed E-state index contributed by atoms with van der Waals surface area (Å²) in [6.07, 6.45) is 0.306. The normalized spacial score (nSPS) is 12.7. The Labute approximate surface area is 219 Å². The van der Waals surface area contributed by atoms with Gasteiger partial charge in [0.15, 0.2) is 0 Å². The van der Waals surface area contributed by atoms with Crippen molar-refractivity contribution >= 4 is 27.7 Å². The van der Waals surface area contributed by atoms with Gasteiger partial charge in [0.1, 0.15) is 24.2 Å². The summed E-state index contributed by atoms with van der Waals surface area (Å²) in [7, 11) is 0.117. The molecule has 1 unspecified atom stereocenters. The quantitative estimate of drug-likeness (QED) is 0.476. The van der Waals surface area contributed by atoms with Crippen LogP contribution in [0.2, 0.25) is 0 Å². The average Bonchev–Trinajstić information content (AvgIpc) is 2.82. The van der Waals surface area contributed by atoms with Gasteiger partial charge in [-0.15, -0.1) is 0 Å². The van der Waals surface area contributed by atoms with Crippen LogP contribution in [0.15, 0.2) is 48.5 Å². The smallest absolute Gasteiger partial charge is 0.304 e. The fourth-order valence-electron chi connectivity index (χ4n) is 3.62. The van der Waals surface area contributed by atoms with Crippen molar-refractivity contribution in [1.82, 2.24) is 14.5 Å². The third-order valence-electron chi connectivity index (χ3n) is 5.53. The minimum Gasteiger partial charge on any atom is -0.497 e. The van der Waals surface area contributed by atoms with Gasteiger partial charge in [-0.3, -0.25) is 9.59 Å². The van der Waals surface area contributed by atoms with Crippen LogP contribution in [-0.4, -0.2) is 68.8 Å². The van der Waals surface area contributed by atoms with Gasteiger partial charge >= 0.3 is 10.2 Å². The number of benzene rings is 2. The highest BCUT2D eigenvalue weighted by atomic mass is 32.2. The van der Waals surface area contributed by atoms with Crippen LogP contribution in [-0.2, 0) is 26.3 Å². The van der Waals surface area contributed by atoms with E-state index >= 15 is 0 Å². The molecule has 0 heterocycles. The number of amides is 2. The Hall–Kier alpha value is -3.18. The van der Waals surface area contributed by atoms with Gasteiger partial charge in [0, 0.05) is 26.2 Å². The monoisotopic (exact) mass is 536 g/mol. The number of carbonyl (C=O) groups is 2. The maximum Gasteiger partial charge on any atom is 0.304 e. The molecule has 2 rings (SSSR count). The van der Waals surface area contributed by atoms with Crippen LogP contribution in [0, 0.1) is 5.82 Å². The molecule has 0 bridgehead atoms. The van der Waals surface area contributed by atoms with Crippen molar-refractivity contribution in [3.05, 3.63) is 59.9 Å². The zero-order chi connectivity index (χ0) is 28.0. The van der Waals surface area contributed by atoms with E-state index in [0.29, 0.717) is 12.2 Å². The first-order chi connectivity index (χ1) is 17.2. The largest absolute Gasteiger partial charge is 0.497 e. The molecule has 1 atom stereocenters. The van der Waals surface area contributed by atoms with Crippen molar-refractivity contribution in [3.63, 3.8) is 0 Å². The van der Waals surface area contributed by atoms with Crippen molar-refractivity contribution in [2.75, 3.05) is 32.1 Å². The fourth-order valence-corrected chi connectivity index (χ4v) is 4.68. The van der Waals surface area contributed by atoms with Crippen LogP contribution >= 0.6 is 0 Å². The minimum atomic E-state index is -4.12. The van der Waals surface area contributed by atoms with Crippen LogP contribution in [0.4, 0.5) is 10.1 Å². The maximum atomic E-state index is 13.8. The molecule has 2 aromatic carbocycles. The Morgan fingerprint density at radius 3 is 2.05 bits per heavy atom. The molecule has 0 saturated carbocycles. The Kier molecular flexibility index (Phi) is 10.0. The van der Waals surface area contributed by atoms with E-state index in [0.717, 1.165) is 26.3 Å². The number of hydrogen-bond donors (Lipinski definition) is 1. The molecular formula is C26H37FN4O5S. The van der Waals surface area contributed by atoms with Crippen LogP contribution in [0.25, 0.3) is 0 Å². The van der Waals surface area contributed by atoms with Crippen molar-refractivity contribution in [2.24, 2.45) is 0 Å². The number of methoxy groups -OCH3 is 1. The van der Waals surface area contributed by atoms with Gasteiger partial charge in [0.2, 0.25) is 11.8 Å². The standard InChI is InChI=1S/C26H37FN4O5S/c1-8-23(25(33)28-26(2,3)4)30(17-19-9-15-22(36-7)16-10-19)24(32)18-31(37(34,35)29(5)6)21-13-11-20(27)12-14-21/h9-16,23H,8,17-18H2,1-7H3,(H,28,33). The lowest BCUT2D eigenvalue weighted by molar-refractivity contribution is -0.141. The van der Waals surface area contributed by atoms with Crippen molar-refractivity contribution in [3.8, 4) is 5.75 Å². The van der Waals surface area contributed by atoms with E-state index in [1.54, 1.807) is 38.3 Å². The van der Waals surface area contributed by atoms with E-state index in [9.17, 15) is 22.4 Å². The predicted octanol–water partition coefficient (Wildman–Crippen LogP) is 3.17. The van der Waals surface area contributed by atoms with E-state index in [-0.39, 0.29) is 18.1 Å². The second kappa shape index (κ2) is 12.4. The third kappa shape index (κ3) is 8.16. The average molecular weight is 537 g/mol. The second-order valence-electron chi connectivity index (χ2n) is 9.81. The van der Waals surface area contributed by atoms with Crippen LogP contribution in [0.5, 0.6) is 5.75 Å². The number of ether oxygens (including phenoxy) is 1. The third-order valence-corrected chi connectivity index (χ3v) is 7.35. The summed E-state index contributed by atoms with van der Waals surface area (Å²) in [5.74, 6) is -0.829. The van der Waals surface area contributed by atoms with E-state index in [2.05, 4.69) is 5.32 Å². The SMILES string of the molecule is CCC(C(=O)NC(C)(C)C)N(Cc1ccc(OC)cc1)C(=O)CN(c1ccc(F)cc1)S(=O)(=O)N(C)C. The molecule has 37 heavy (non-hydrogen) atoms. The Morgan fingerprint density at radius 1 is 1.03 bits per heavy atom. The number of carbonyl (C=O) groups excluding carboxylic acids is 2. The topological polar surface area (TPSA) is 99.3 Å². The highest BCUT2D eigenvalue weighted by Crippen LogP contribution is 2.22. The van der Waals surface area contributed by atoms with Crippen molar-refractivity contribution in [2.45, 2.75) is 52.2 Å². The lowest BCUT2D eigenvalue weighted by atomic mass is 10.1. The van der Waals surface area contributed by atoms with Gasteiger partial charge in [0.05, 0.1) is 12.8 Å². The molecule has 2 aromatic rings. The summed E-state index contributed by atoms with van der Waals surface area (Å²) in [4.78, 5) is 28.4. The van der Waals surface area contributed by atoms with Gasteiger partial charge in [-0.2, -0.15) is 12.7 Å². The maximum absolute atomic E-state index is 13.8. The Bertz CT molecular complexity index is 1160. The first-order valence-electron chi connectivity index (χ1n) is 11.9. The fraction of sp³-hybridized carbons (Fsp3) is 0.462.